The minimum Gasteiger partial charge on any atom is -0.208 e. The molecule has 2 aliphatic rings. The SMILES string of the molecule is Cc1ccc(S(=O)(=O)N[C@@H]2CCC[C@@H]3CCC[C@@H]32)cc1. The molecule has 2 fully saturated rings. The summed E-state index contributed by atoms with van der Waals surface area (Å²) >= 11 is 0. The van der Waals surface area contributed by atoms with Gasteiger partial charge >= 0.3 is 0 Å². The molecule has 1 N–H and O–H groups in total. The van der Waals surface area contributed by atoms with Crippen LogP contribution in [0.25, 0.3) is 0 Å². The Balaban J connectivity index is 1.77. The predicted octanol–water partition coefficient (Wildman–Crippen LogP) is 3.24. The molecule has 0 aliphatic heterocycles. The van der Waals surface area contributed by atoms with Gasteiger partial charge in [0.05, 0.1) is 4.90 Å². The Hall–Kier alpha value is -0.870. The highest BCUT2D eigenvalue weighted by molar-refractivity contribution is 7.89. The van der Waals surface area contributed by atoms with Gasteiger partial charge in [-0.2, -0.15) is 0 Å². The molecule has 3 rings (SSSR count). The first-order chi connectivity index (χ1) is 9.56. The van der Waals surface area contributed by atoms with Crippen molar-refractivity contribution in [2.24, 2.45) is 11.8 Å². The monoisotopic (exact) mass is 293 g/mol. The summed E-state index contributed by atoms with van der Waals surface area (Å²) in [6.45, 7) is 1.97. The van der Waals surface area contributed by atoms with E-state index in [-0.39, 0.29) is 6.04 Å². The van der Waals surface area contributed by atoms with Crippen molar-refractivity contribution in [3.63, 3.8) is 0 Å². The van der Waals surface area contributed by atoms with Crippen molar-refractivity contribution >= 4 is 10.0 Å². The highest BCUT2D eigenvalue weighted by Crippen LogP contribution is 2.42. The largest absolute Gasteiger partial charge is 0.240 e. The van der Waals surface area contributed by atoms with Crippen LogP contribution in [0.15, 0.2) is 29.2 Å². The van der Waals surface area contributed by atoms with E-state index >= 15 is 0 Å². The first kappa shape index (κ1) is 14.1. The first-order valence-corrected chi connectivity index (χ1v) is 9.13. The van der Waals surface area contributed by atoms with Crippen LogP contribution in [0.2, 0.25) is 0 Å². The molecule has 0 radical (unpaired) electrons. The Labute approximate surface area is 121 Å². The molecular formula is C16H23NO2S. The van der Waals surface area contributed by atoms with Crippen molar-refractivity contribution in [2.45, 2.75) is 56.4 Å². The quantitative estimate of drug-likeness (QED) is 0.930. The summed E-state index contributed by atoms with van der Waals surface area (Å²) < 4.78 is 28.0. The molecule has 4 heteroatoms. The zero-order valence-corrected chi connectivity index (χ0v) is 12.8. The number of aryl methyl sites for hydroxylation is 1. The third kappa shape index (κ3) is 2.77. The van der Waals surface area contributed by atoms with Crippen LogP contribution in [-0.4, -0.2) is 14.5 Å². The van der Waals surface area contributed by atoms with Gasteiger partial charge in [-0.3, -0.25) is 0 Å². The van der Waals surface area contributed by atoms with Gasteiger partial charge in [-0.1, -0.05) is 43.4 Å². The van der Waals surface area contributed by atoms with Gasteiger partial charge in [-0.25, -0.2) is 13.1 Å². The molecule has 0 heterocycles. The fraction of sp³-hybridized carbons (Fsp3) is 0.625. The Kier molecular flexibility index (Phi) is 3.87. The summed E-state index contributed by atoms with van der Waals surface area (Å²) in [5.41, 5.74) is 1.08. The first-order valence-electron chi connectivity index (χ1n) is 7.65. The summed E-state index contributed by atoms with van der Waals surface area (Å²) in [6.07, 6.45) is 7.17. The lowest BCUT2D eigenvalue weighted by molar-refractivity contribution is 0.226. The van der Waals surface area contributed by atoms with Crippen LogP contribution < -0.4 is 4.72 Å². The van der Waals surface area contributed by atoms with Crippen LogP contribution in [-0.2, 0) is 10.0 Å². The molecule has 1 aromatic rings. The van der Waals surface area contributed by atoms with E-state index in [0.29, 0.717) is 10.8 Å². The van der Waals surface area contributed by atoms with E-state index in [1.54, 1.807) is 12.1 Å². The van der Waals surface area contributed by atoms with Gasteiger partial charge in [0.15, 0.2) is 0 Å². The fourth-order valence-corrected chi connectivity index (χ4v) is 5.22. The summed E-state index contributed by atoms with van der Waals surface area (Å²) in [5.74, 6) is 1.30. The standard InChI is InChI=1S/C16H23NO2S/c1-12-8-10-14(11-9-12)20(18,19)17-16-7-3-5-13-4-2-6-15(13)16/h8-11,13,15-17H,2-7H2,1H3/t13-,15-,16+/m0/s1. The molecule has 0 bridgehead atoms. The normalized spacial score (nSPS) is 30.1. The zero-order chi connectivity index (χ0) is 14.2. The lowest BCUT2D eigenvalue weighted by Gasteiger charge is -2.34. The highest BCUT2D eigenvalue weighted by Gasteiger charge is 2.38. The van der Waals surface area contributed by atoms with Crippen molar-refractivity contribution < 1.29 is 8.42 Å². The summed E-state index contributed by atoms with van der Waals surface area (Å²) in [4.78, 5) is 0.392. The van der Waals surface area contributed by atoms with Gasteiger partial charge in [-0.05, 0) is 43.7 Å². The van der Waals surface area contributed by atoms with E-state index in [1.165, 1.54) is 25.7 Å². The third-order valence-electron chi connectivity index (χ3n) is 4.96. The van der Waals surface area contributed by atoms with Gasteiger partial charge in [0.1, 0.15) is 0 Å². The van der Waals surface area contributed by atoms with E-state index in [4.69, 9.17) is 0 Å². The molecule has 110 valence electrons. The van der Waals surface area contributed by atoms with Crippen molar-refractivity contribution in [1.82, 2.24) is 4.72 Å². The second-order valence-corrected chi connectivity index (χ2v) is 8.04. The minimum atomic E-state index is -3.37. The van der Waals surface area contributed by atoms with E-state index in [9.17, 15) is 8.42 Å². The maximum Gasteiger partial charge on any atom is 0.240 e. The lowest BCUT2D eigenvalue weighted by Crippen LogP contribution is -2.43. The van der Waals surface area contributed by atoms with E-state index in [1.807, 2.05) is 19.1 Å². The fourth-order valence-electron chi connectivity index (χ4n) is 3.90. The molecule has 2 aliphatic carbocycles. The van der Waals surface area contributed by atoms with Gasteiger partial charge < -0.3 is 0 Å². The summed E-state index contributed by atoms with van der Waals surface area (Å²) in [7, 11) is -3.37. The van der Waals surface area contributed by atoms with Gasteiger partial charge in [0.25, 0.3) is 0 Å². The maximum absolute atomic E-state index is 12.5. The maximum atomic E-state index is 12.5. The third-order valence-corrected chi connectivity index (χ3v) is 6.47. The van der Waals surface area contributed by atoms with Crippen LogP contribution >= 0.6 is 0 Å². The molecule has 0 aromatic heterocycles. The summed E-state index contributed by atoms with van der Waals surface area (Å²) in [5, 5.41) is 0. The highest BCUT2D eigenvalue weighted by atomic mass is 32.2. The number of hydrogen-bond acceptors (Lipinski definition) is 2. The van der Waals surface area contributed by atoms with Crippen LogP contribution in [0.3, 0.4) is 0 Å². The second-order valence-electron chi connectivity index (χ2n) is 6.33. The van der Waals surface area contributed by atoms with Crippen LogP contribution in [0.1, 0.15) is 44.1 Å². The second kappa shape index (κ2) is 5.49. The number of fused-ring (bicyclic) bond motifs is 1. The molecule has 0 unspecified atom stereocenters. The predicted molar refractivity (Wildman–Crippen MR) is 80.0 cm³/mol. The van der Waals surface area contributed by atoms with Gasteiger partial charge in [0, 0.05) is 6.04 Å². The Morgan fingerprint density at radius 1 is 1.00 bits per heavy atom. The van der Waals surface area contributed by atoms with E-state index in [0.717, 1.165) is 24.3 Å². The number of rotatable bonds is 3. The molecule has 0 spiro atoms. The topological polar surface area (TPSA) is 46.2 Å². The molecular weight excluding hydrogens is 270 g/mol. The van der Waals surface area contributed by atoms with Gasteiger partial charge in [0.2, 0.25) is 10.0 Å². The Bertz CT molecular complexity index is 565. The average molecular weight is 293 g/mol. The molecule has 20 heavy (non-hydrogen) atoms. The van der Waals surface area contributed by atoms with Gasteiger partial charge in [-0.15, -0.1) is 0 Å². The van der Waals surface area contributed by atoms with Crippen molar-refractivity contribution in [3.8, 4) is 0 Å². The zero-order valence-electron chi connectivity index (χ0n) is 12.0. The molecule has 3 nitrogen and oxygen atoms in total. The smallest absolute Gasteiger partial charge is 0.208 e. The van der Waals surface area contributed by atoms with E-state index < -0.39 is 10.0 Å². The number of hydrogen-bond donors (Lipinski definition) is 1. The Morgan fingerprint density at radius 2 is 1.65 bits per heavy atom. The van der Waals surface area contributed by atoms with Crippen LogP contribution in [0, 0.1) is 18.8 Å². The molecule has 0 saturated heterocycles. The van der Waals surface area contributed by atoms with Crippen LogP contribution in [0.4, 0.5) is 0 Å². The molecule has 2 saturated carbocycles. The number of sulfonamides is 1. The summed E-state index contributed by atoms with van der Waals surface area (Å²) in [6, 6.07) is 7.25. The molecule has 3 atom stereocenters. The lowest BCUT2D eigenvalue weighted by atomic mass is 9.78. The number of nitrogens with one attached hydrogen (secondary N) is 1. The number of benzene rings is 1. The average Bonchev–Trinajstić information content (AvgIpc) is 2.88. The van der Waals surface area contributed by atoms with Crippen molar-refractivity contribution in [3.05, 3.63) is 29.8 Å². The van der Waals surface area contributed by atoms with Crippen molar-refractivity contribution in [2.75, 3.05) is 0 Å². The van der Waals surface area contributed by atoms with Crippen LogP contribution in [0.5, 0.6) is 0 Å². The van der Waals surface area contributed by atoms with E-state index in [2.05, 4.69) is 4.72 Å². The molecule has 1 aromatic carbocycles. The minimum absolute atomic E-state index is 0.141. The Morgan fingerprint density at radius 3 is 2.35 bits per heavy atom. The molecule has 0 amide bonds. The van der Waals surface area contributed by atoms with Crippen molar-refractivity contribution in [1.29, 1.82) is 0 Å².